The number of amides is 1. The first kappa shape index (κ1) is 18.3. The van der Waals surface area contributed by atoms with Crippen molar-refractivity contribution in [2.45, 2.75) is 19.5 Å². The Kier molecular flexibility index (Phi) is 5.16. The van der Waals surface area contributed by atoms with E-state index >= 15 is 0 Å². The van der Waals surface area contributed by atoms with E-state index < -0.39 is 0 Å². The lowest BCUT2D eigenvalue weighted by Gasteiger charge is -2.20. The highest BCUT2D eigenvalue weighted by Crippen LogP contribution is 2.24. The van der Waals surface area contributed by atoms with Crippen LogP contribution in [0.5, 0.6) is 0 Å². The number of nitrogens with zero attached hydrogens (tertiary/aromatic N) is 4. The highest BCUT2D eigenvalue weighted by atomic mass is 79.9. The maximum atomic E-state index is 13.2. The number of hydrogen-bond donors (Lipinski definition) is 1. The van der Waals surface area contributed by atoms with E-state index in [0.29, 0.717) is 12.1 Å². The number of halogens is 1. The molecule has 7 heteroatoms. The van der Waals surface area contributed by atoms with Crippen LogP contribution in [0.4, 0.5) is 0 Å². The maximum Gasteiger partial charge on any atom is 0.252 e. The van der Waals surface area contributed by atoms with E-state index in [2.05, 4.69) is 36.3 Å². The van der Waals surface area contributed by atoms with Gasteiger partial charge in [0.2, 0.25) is 0 Å². The standard InChI is InChI=1S/C21H18BrN5O/c1-14-9-18(17-8-7-16(22)10-19(17)25-14)21(28)26-20(11-27-13-23-12-24-27)15-5-3-2-4-6-15/h2-10,12-13,20H,11H2,1H3,(H,26,28). The van der Waals surface area contributed by atoms with Crippen molar-refractivity contribution in [1.82, 2.24) is 25.1 Å². The van der Waals surface area contributed by atoms with Gasteiger partial charge in [-0.1, -0.05) is 52.3 Å². The zero-order valence-electron chi connectivity index (χ0n) is 15.2. The van der Waals surface area contributed by atoms with Gasteiger partial charge in [-0.3, -0.25) is 14.5 Å². The van der Waals surface area contributed by atoms with Crippen molar-refractivity contribution in [3.05, 3.63) is 88.5 Å². The van der Waals surface area contributed by atoms with Gasteiger partial charge >= 0.3 is 0 Å². The summed E-state index contributed by atoms with van der Waals surface area (Å²) in [6, 6.07) is 17.2. The molecule has 4 rings (SSSR count). The molecule has 1 N–H and O–H groups in total. The van der Waals surface area contributed by atoms with Crippen LogP contribution < -0.4 is 5.32 Å². The van der Waals surface area contributed by atoms with Crippen LogP contribution in [-0.4, -0.2) is 25.7 Å². The van der Waals surface area contributed by atoms with E-state index in [0.717, 1.165) is 26.6 Å². The van der Waals surface area contributed by atoms with Gasteiger partial charge in [0.15, 0.2) is 0 Å². The predicted molar refractivity (Wildman–Crippen MR) is 111 cm³/mol. The molecule has 0 spiro atoms. The quantitative estimate of drug-likeness (QED) is 0.512. The lowest BCUT2D eigenvalue weighted by molar-refractivity contribution is 0.0933. The zero-order valence-corrected chi connectivity index (χ0v) is 16.8. The van der Waals surface area contributed by atoms with Gasteiger partial charge < -0.3 is 5.32 Å². The van der Waals surface area contributed by atoms with Crippen LogP contribution in [-0.2, 0) is 6.54 Å². The summed E-state index contributed by atoms with van der Waals surface area (Å²) in [7, 11) is 0. The number of benzene rings is 2. The maximum absolute atomic E-state index is 13.2. The molecule has 2 heterocycles. The fraction of sp³-hybridized carbons (Fsp3) is 0.143. The molecule has 2 aromatic heterocycles. The minimum atomic E-state index is -0.241. The first-order valence-corrected chi connectivity index (χ1v) is 9.64. The van der Waals surface area contributed by atoms with Crippen LogP contribution in [0.25, 0.3) is 10.9 Å². The number of aryl methyl sites for hydroxylation is 1. The summed E-state index contributed by atoms with van der Waals surface area (Å²) in [6.07, 6.45) is 3.13. The van der Waals surface area contributed by atoms with E-state index in [9.17, 15) is 4.79 Å². The van der Waals surface area contributed by atoms with Crippen molar-refractivity contribution in [1.29, 1.82) is 0 Å². The molecule has 6 nitrogen and oxygen atoms in total. The Hall–Kier alpha value is -3.06. The number of pyridine rings is 1. The second-order valence-electron chi connectivity index (χ2n) is 6.53. The van der Waals surface area contributed by atoms with Crippen LogP contribution >= 0.6 is 15.9 Å². The molecule has 1 amide bonds. The Morgan fingerprint density at radius 3 is 2.75 bits per heavy atom. The molecular weight excluding hydrogens is 418 g/mol. The first-order valence-electron chi connectivity index (χ1n) is 8.85. The summed E-state index contributed by atoms with van der Waals surface area (Å²) >= 11 is 3.47. The SMILES string of the molecule is Cc1cc(C(=O)NC(Cn2cncn2)c2ccccc2)c2ccc(Br)cc2n1. The second-order valence-corrected chi connectivity index (χ2v) is 7.44. The minimum absolute atomic E-state index is 0.146. The number of aromatic nitrogens is 4. The number of carbonyl (C=O) groups is 1. The third-order valence-corrected chi connectivity index (χ3v) is 4.98. The average Bonchev–Trinajstić information content (AvgIpc) is 3.20. The third-order valence-electron chi connectivity index (χ3n) is 4.49. The molecule has 28 heavy (non-hydrogen) atoms. The van der Waals surface area contributed by atoms with Crippen molar-refractivity contribution in [3.63, 3.8) is 0 Å². The van der Waals surface area contributed by atoms with Crippen molar-refractivity contribution in [2.75, 3.05) is 0 Å². The van der Waals surface area contributed by atoms with Gasteiger partial charge in [0.1, 0.15) is 12.7 Å². The molecule has 0 saturated heterocycles. The molecule has 1 unspecified atom stereocenters. The molecule has 0 aliphatic carbocycles. The van der Waals surface area contributed by atoms with Crippen molar-refractivity contribution in [3.8, 4) is 0 Å². The summed E-state index contributed by atoms with van der Waals surface area (Å²) in [4.78, 5) is 21.8. The average molecular weight is 436 g/mol. The van der Waals surface area contributed by atoms with Crippen molar-refractivity contribution >= 4 is 32.7 Å². The van der Waals surface area contributed by atoms with E-state index in [4.69, 9.17) is 0 Å². The Bertz CT molecular complexity index is 1110. The summed E-state index contributed by atoms with van der Waals surface area (Å²) in [6.45, 7) is 2.38. The first-order chi connectivity index (χ1) is 13.6. The number of carbonyl (C=O) groups excluding carboxylic acids is 1. The number of rotatable bonds is 5. The monoisotopic (exact) mass is 435 g/mol. The molecule has 0 fully saturated rings. The topological polar surface area (TPSA) is 72.7 Å². The Labute approximate surface area is 170 Å². The molecule has 0 aliphatic heterocycles. The Balaban J connectivity index is 1.69. The molecule has 0 aliphatic rings. The van der Waals surface area contributed by atoms with Gasteiger partial charge in [0.25, 0.3) is 5.91 Å². The smallest absolute Gasteiger partial charge is 0.252 e. The van der Waals surface area contributed by atoms with Crippen LogP contribution in [0.2, 0.25) is 0 Å². The van der Waals surface area contributed by atoms with Gasteiger partial charge in [-0.05, 0) is 30.7 Å². The normalized spacial score (nSPS) is 12.1. The molecule has 140 valence electrons. The van der Waals surface area contributed by atoms with Gasteiger partial charge in [0.05, 0.1) is 23.7 Å². The highest BCUT2D eigenvalue weighted by Gasteiger charge is 2.19. The highest BCUT2D eigenvalue weighted by molar-refractivity contribution is 9.10. The lowest BCUT2D eigenvalue weighted by atomic mass is 10.0. The van der Waals surface area contributed by atoms with Crippen molar-refractivity contribution < 1.29 is 4.79 Å². The van der Waals surface area contributed by atoms with Gasteiger partial charge in [-0.2, -0.15) is 5.10 Å². The summed E-state index contributed by atoms with van der Waals surface area (Å²) in [5.74, 6) is -0.146. The molecule has 4 aromatic rings. The molecular formula is C21H18BrN5O. The number of nitrogens with one attached hydrogen (secondary N) is 1. The van der Waals surface area contributed by atoms with Gasteiger partial charge in [-0.25, -0.2) is 4.98 Å². The molecule has 2 aromatic carbocycles. The predicted octanol–water partition coefficient (Wildman–Crippen LogP) is 4.07. The van der Waals surface area contributed by atoms with E-state index in [1.54, 1.807) is 11.0 Å². The zero-order chi connectivity index (χ0) is 19.5. The summed E-state index contributed by atoms with van der Waals surface area (Å²) in [5.41, 5.74) is 3.19. The molecule has 0 saturated carbocycles. The molecule has 1 atom stereocenters. The van der Waals surface area contributed by atoms with E-state index in [1.807, 2.05) is 61.5 Å². The second kappa shape index (κ2) is 7.90. The van der Waals surface area contributed by atoms with E-state index in [-0.39, 0.29) is 11.9 Å². The van der Waals surface area contributed by atoms with Crippen LogP contribution in [0.15, 0.2) is 71.7 Å². The van der Waals surface area contributed by atoms with Crippen LogP contribution in [0.3, 0.4) is 0 Å². The van der Waals surface area contributed by atoms with Gasteiger partial charge in [0, 0.05) is 15.6 Å². The molecule has 0 radical (unpaired) electrons. The molecule has 0 bridgehead atoms. The Morgan fingerprint density at radius 1 is 1.18 bits per heavy atom. The van der Waals surface area contributed by atoms with Crippen LogP contribution in [0, 0.1) is 6.92 Å². The number of hydrogen-bond acceptors (Lipinski definition) is 4. The van der Waals surface area contributed by atoms with Gasteiger partial charge in [-0.15, -0.1) is 0 Å². The fourth-order valence-electron chi connectivity index (χ4n) is 3.19. The number of fused-ring (bicyclic) bond motifs is 1. The summed E-state index contributed by atoms with van der Waals surface area (Å²) in [5, 5.41) is 8.15. The van der Waals surface area contributed by atoms with Crippen molar-refractivity contribution in [2.24, 2.45) is 0 Å². The van der Waals surface area contributed by atoms with E-state index in [1.165, 1.54) is 6.33 Å². The fourth-order valence-corrected chi connectivity index (χ4v) is 3.54. The third kappa shape index (κ3) is 3.94. The summed E-state index contributed by atoms with van der Waals surface area (Å²) < 4.78 is 2.64. The van der Waals surface area contributed by atoms with Crippen LogP contribution in [0.1, 0.15) is 27.7 Å². The minimum Gasteiger partial charge on any atom is -0.343 e. The Morgan fingerprint density at radius 2 is 2.00 bits per heavy atom. The largest absolute Gasteiger partial charge is 0.343 e. The lowest BCUT2D eigenvalue weighted by Crippen LogP contribution is -2.32.